The van der Waals surface area contributed by atoms with Gasteiger partial charge in [-0.3, -0.25) is 4.79 Å². The number of nitrogens with zero attached hydrogens (tertiary/aromatic N) is 1. The topological polar surface area (TPSA) is 20.3 Å². The Bertz CT molecular complexity index is 236. The smallest absolute Gasteiger partial charge is 0.298 e. The Kier molecular flexibility index (Phi) is 3.82. The fraction of sp³-hybridized carbons (Fsp3) is 0.727. The molecule has 2 heteroatoms. The Balaban J connectivity index is 2.55. The van der Waals surface area contributed by atoms with Crippen molar-refractivity contribution in [1.82, 2.24) is 4.90 Å². The summed E-state index contributed by atoms with van der Waals surface area (Å²) in [6.07, 6.45) is 4.57. The Labute approximate surface area is 80.3 Å². The second-order valence-corrected chi connectivity index (χ2v) is 3.46. The Morgan fingerprint density at radius 3 is 3.00 bits per heavy atom. The zero-order valence-electron chi connectivity index (χ0n) is 8.47. The third-order valence-electron chi connectivity index (χ3n) is 2.49. The van der Waals surface area contributed by atoms with Crippen molar-refractivity contribution in [3.63, 3.8) is 0 Å². The van der Waals surface area contributed by atoms with Gasteiger partial charge in [-0.15, -0.1) is 0 Å². The van der Waals surface area contributed by atoms with Gasteiger partial charge in [-0.25, -0.2) is 0 Å². The molecule has 0 aromatic heterocycles. The highest BCUT2D eigenvalue weighted by atomic mass is 16.2. The third kappa shape index (κ3) is 2.48. The van der Waals surface area contributed by atoms with Gasteiger partial charge in [0.25, 0.3) is 5.91 Å². The third-order valence-corrected chi connectivity index (χ3v) is 2.49. The maximum absolute atomic E-state index is 11.5. The van der Waals surface area contributed by atoms with E-state index >= 15 is 0 Å². The SMILES string of the molecule is CC#CC(=O)N1CCCC1CCC. The highest BCUT2D eigenvalue weighted by molar-refractivity contribution is 5.93. The van der Waals surface area contributed by atoms with E-state index in [0.29, 0.717) is 6.04 Å². The average molecular weight is 179 g/mol. The van der Waals surface area contributed by atoms with E-state index in [2.05, 4.69) is 18.8 Å². The predicted octanol–water partition coefficient (Wildman–Crippen LogP) is 1.80. The van der Waals surface area contributed by atoms with Gasteiger partial charge in [0.15, 0.2) is 0 Å². The Morgan fingerprint density at radius 1 is 1.62 bits per heavy atom. The molecule has 1 amide bonds. The van der Waals surface area contributed by atoms with Crippen LogP contribution in [0.3, 0.4) is 0 Å². The van der Waals surface area contributed by atoms with Gasteiger partial charge in [0.1, 0.15) is 0 Å². The van der Waals surface area contributed by atoms with Crippen LogP contribution in [-0.4, -0.2) is 23.4 Å². The Morgan fingerprint density at radius 2 is 2.38 bits per heavy atom. The maximum atomic E-state index is 11.5. The lowest BCUT2D eigenvalue weighted by atomic mass is 10.1. The van der Waals surface area contributed by atoms with Crippen LogP contribution >= 0.6 is 0 Å². The molecule has 0 radical (unpaired) electrons. The molecule has 0 spiro atoms. The summed E-state index contributed by atoms with van der Waals surface area (Å²) in [4.78, 5) is 13.4. The maximum Gasteiger partial charge on any atom is 0.298 e. The van der Waals surface area contributed by atoms with Crippen molar-refractivity contribution in [2.75, 3.05) is 6.54 Å². The molecule has 1 fully saturated rings. The van der Waals surface area contributed by atoms with Crippen LogP contribution in [0, 0.1) is 11.8 Å². The van der Waals surface area contributed by atoms with Gasteiger partial charge in [0.2, 0.25) is 0 Å². The van der Waals surface area contributed by atoms with Crippen LogP contribution in [0.5, 0.6) is 0 Å². The van der Waals surface area contributed by atoms with Gasteiger partial charge in [-0.1, -0.05) is 19.3 Å². The van der Waals surface area contributed by atoms with Gasteiger partial charge in [-0.2, -0.15) is 0 Å². The van der Waals surface area contributed by atoms with Gasteiger partial charge >= 0.3 is 0 Å². The number of amides is 1. The lowest BCUT2D eigenvalue weighted by Gasteiger charge is -2.21. The van der Waals surface area contributed by atoms with Gasteiger partial charge < -0.3 is 4.90 Å². The summed E-state index contributed by atoms with van der Waals surface area (Å²) in [6, 6.07) is 0.457. The summed E-state index contributed by atoms with van der Waals surface area (Å²) in [6.45, 7) is 4.77. The van der Waals surface area contributed by atoms with Crippen LogP contribution in [0.25, 0.3) is 0 Å². The molecule has 0 bridgehead atoms. The molecule has 1 aliphatic heterocycles. The van der Waals surface area contributed by atoms with Crippen molar-refractivity contribution in [3.8, 4) is 11.8 Å². The van der Waals surface area contributed by atoms with Crippen LogP contribution in [0.4, 0.5) is 0 Å². The minimum Gasteiger partial charge on any atom is -0.329 e. The zero-order valence-corrected chi connectivity index (χ0v) is 8.47. The van der Waals surface area contributed by atoms with Crippen LogP contribution in [0.2, 0.25) is 0 Å². The molecule has 1 rings (SSSR count). The fourth-order valence-electron chi connectivity index (χ4n) is 1.92. The lowest BCUT2D eigenvalue weighted by Crippen LogP contribution is -2.34. The highest BCUT2D eigenvalue weighted by Gasteiger charge is 2.26. The van der Waals surface area contributed by atoms with Crippen molar-refractivity contribution in [2.45, 2.75) is 45.6 Å². The molecule has 0 saturated carbocycles. The predicted molar refractivity (Wildman–Crippen MR) is 53.1 cm³/mol. The summed E-state index contributed by atoms with van der Waals surface area (Å²) in [5.41, 5.74) is 0. The van der Waals surface area contributed by atoms with Gasteiger partial charge in [-0.05, 0) is 32.1 Å². The summed E-state index contributed by atoms with van der Waals surface area (Å²) in [5.74, 6) is 5.29. The van der Waals surface area contributed by atoms with Gasteiger partial charge in [0.05, 0.1) is 0 Å². The molecule has 0 aromatic carbocycles. The number of likely N-dealkylation sites (tertiary alicyclic amines) is 1. The van der Waals surface area contributed by atoms with Crippen LogP contribution < -0.4 is 0 Å². The standard InChI is InChI=1S/C11H17NO/c1-3-6-10-8-5-9-12(10)11(13)7-4-2/h10H,3,5-6,8-9H2,1-2H3. The molecule has 13 heavy (non-hydrogen) atoms. The average Bonchev–Trinajstić information content (AvgIpc) is 2.54. The second kappa shape index (κ2) is 4.91. The van der Waals surface area contributed by atoms with E-state index in [9.17, 15) is 4.79 Å². The van der Waals surface area contributed by atoms with Gasteiger partial charge in [0, 0.05) is 12.6 Å². The largest absolute Gasteiger partial charge is 0.329 e. The second-order valence-electron chi connectivity index (χ2n) is 3.46. The summed E-state index contributed by atoms with van der Waals surface area (Å²) in [5, 5.41) is 0. The first kappa shape index (κ1) is 10.1. The van der Waals surface area contributed by atoms with Crippen molar-refractivity contribution in [3.05, 3.63) is 0 Å². The van der Waals surface area contributed by atoms with E-state index in [-0.39, 0.29) is 5.91 Å². The van der Waals surface area contributed by atoms with E-state index in [0.717, 1.165) is 32.2 Å². The van der Waals surface area contributed by atoms with E-state index in [4.69, 9.17) is 0 Å². The molecule has 0 aliphatic carbocycles. The fourth-order valence-corrected chi connectivity index (χ4v) is 1.92. The van der Waals surface area contributed by atoms with Crippen molar-refractivity contribution in [1.29, 1.82) is 0 Å². The van der Waals surface area contributed by atoms with E-state index in [1.54, 1.807) is 6.92 Å². The first-order valence-electron chi connectivity index (χ1n) is 5.03. The number of carbonyl (C=O) groups is 1. The number of carbonyl (C=O) groups excluding carboxylic acids is 1. The molecular weight excluding hydrogens is 162 g/mol. The molecule has 1 heterocycles. The zero-order chi connectivity index (χ0) is 9.68. The molecule has 0 N–H and O–H groups in total. The van der Waals surface area contributed by atoms with E-state index < -0.39 is 0 Å². The first-order chi connectivity index (χ1) is 6.29. The number of rotatable bonds is 2. The molecule has 72 valence electrons. The van der Waals surface area contributed by atoms with Crippen molar-refractivity contribution in [2.24, 2.45) is 0 Å². The highest BCUT2D eigenvalue weighted by Crippen LogP contribution is 2.20. The summed E-state index contributed by atoms with van der Waals surface area (Å²) in [7, 11) is 0. The molecule has 1 saturated heterocycles. The normalized spacial score (nSPS) is 21.1. The molecular formula is C11H17NO. The molecule has 0 aromatic rings. The number of hydrogen-bond acceptors (Lipinski definition) is 1. The van der Waals surface area contributed by atoms with E-state index in [1.165, 1.54) is 0 Å². The number of hydrogen-bond donors (Lipinski definition) is 0. The lowest BCUT2D eigenvalue weighted by molar-refractivity contribution is -0.125. The molecule has 2 nitrogen and oxygen atoms in total. The van der Waals surface area contributed by atoms with E-state index in [1.807, 2.05) is 4.90 Å². The summed E-state index contributed by atoms with van der Waals surface area (Å²) >= 11 is 0. The molecule has 1 unspecified atom stereocenters. The minimum atomic E-state index is 0.0125. The van der Waals surface area contributed by atoms with Crippen molar-refractivity contribution >= 4 is 5.91 Å². The molecule has 1 atom stereocenters. The van der Waals surface area contributed by atoms with Crippen LogP contribution in [0.15, 0.2) is 0 Å². The Hall–Kier alpha value is -0.970. The summed E-state index contributed by atoms with van der Waals surface area (Å²) < 4.78 is 0. The van der Waals surface area contributed by atoms with Crippen LogP contribution in [-0.2, 0) is 4.79 Å². The molecule has 1 aliphatic rings. The first-order valence-corrected chi connectivity index (χ1v) is 5.03. The van der Waals surface area contributed by atoms with Crippen LogP contribution in [0.1, 0.15) is 39.5 Å². The van der Waals surface area contributed by atoms with Crippen molar-refractivity contribution < 1.29 is 4.79 Å². The monoisotopic (exact) mass is 179 g/mol. The quantitative estimate of drug-likeness (QED) is 0.592. The minimum absolute atomic E-state index is 0.0125.